The van der Waals surface area contributed by atoms with Crippen LogP contribution in [0.15, 0.2) is 33.9 Å². The first-order valence-corrected chi connectivity index (χ1v) is 9.06. The van der Waals surface area contributed by atoms with Crippen molar-refractivity contribution in [3.05, 3.63) is 39.5 Å². The number of nitrogens with one attached hydrogen (secondary N) is 2. The van der Waals surface area contributed by atoms with E-state index < -0.39 is 12.0 Å². The third-order valence-electron chi connectivity index (χ3n) is 3.98. The zero-order chi connectivity index (χ0) is 18.4. The van der Waals surface area contributed by atoms with Crippen molar-refractivity contribution in [2.75, 3.05) is 13.7 Å². The SMILES string of the molecule is CCCCCOC(=O)C1=C(C)NC(=O)N[C@@H]1c1ccc(OC)c(Br)c1. The van der Waals surface area contributed by atoms with Crippen LogP contribution in [-0.2, 0) is 9.53 Å². The third kappa shape index (κ3) is 4.75. The number of amides is 2. The van der Waals surface area contributed by atoms with Gasteiger partial charge in [0.2, 0.25) is 0 Å². The maximum absolute atomic E-state index is 12.6. The second-order valence-electron chi connectivity index (χ2n) is 5.81. The molecule has 6 nitrogen and oxygen atoms in total. The van der Waals surface area contributed by atoms with Gasteiger partial charge in [-0.15, -0.1) is 0 Å². The average Bonchev–Trinajstić information content (AvgIpc) is 2.57. The van der Waals surface area contributed by atoms with E-state index in [9.17, 15) is 9.59 Å². The van der Waals surface area contributed by atoms with Gasteiger partial charge < -0.3 is 20.1 Å². The van der Waals surface area contributed by atoms with Crippen LogP contribution in [0, 0.1) is 0 Å². The molecule has 0 aliphatic carbocycles. The van der Waals surface area contributed by atoms with Crippen molar-refractivity contribution < 1.29 is 19.1 Å². The first-order chi connectivity index (χ1) is 12.0. The van der Waals surface area contributed by atoms with Gasteiger partial charge >= 0.3 is 12.0 Å². The van der Waals surface area contributed by atoms with Gasteiger partial charge in [-0.2, -0.15) is 0 Å². The summed E-state index contributed by atoms with van der Waals surface area (Å²) < 4.78 is 11.4. The summed E-state index contributed by atoms with van der Waals surface area (Å²) in [4.78, 5) is 24.5. The van der Waals surface area contributed by atoms with Crippen molar-refractivity contribution in [3.63, 3.8) is 0 Å². The van der Waals surface area contributed by atoms with Gasteiger partial charge in [-0.1, -0.05) is 25.8 Å². The van der Waals surface area contributed by atoms with Gasteiger partial charge in [0, 0.05) is 5.70 Å². The summed E-state index contributed by atoms with van der Waals surface area (Å²) in [5.41, 5.74) is 1.68. The fourth-order valence-corrected chi connectivity index (χ4v) is 3.23. The number of carbonyl (C=O) groups is 2. The van der Waals surface area contributed by atoms with E-state index in [1.807, 2.05) is 12.1 Å². The number of benzene rings is 1. The van der Waals surface area contributed by atoms with E-state index in [0.717, 1.165) is 29.3 Å². The lowest BCUT2D eigenvalue weighted by atomic mass is 9.95. The Morgan fingerprint density at radius 3 is 2.72 bits per heavy atom. The molecular formula is C18H23BrN2O4. The minimum atomic E-state index is -0.574. The standard InChI is InChI=1S/C18H23BrN2O4/c1-4-5-6-9-25-17(22)15-11(2)20-18(23)21-16(15)12-7-8-14(24-3)13(19)10-12/h7-8,10,16H,4-6,9H2,1-3H3,(H2,20,21,23)/t16-/m1/s1. The number of carbonyl (C=O) groups excluding carboxylic acids is 2. The smallest absolute Gasteiger partial charge is 0.338 e. The van der Waals surface area contributed by atoms with Crippen molar-refractivity contribution in [3.8, 4) is 5.75 Å². The van der Waals surface area contributed by atoms with Crippen molar-refractivity contribution in [1.82, 2.24) is 10.6 Å². The van der Waals surface area contributed by atoms with Gasteiger partial charge in [-0.25, -0.2) is 9.59 Å². The number of hydrogen-bond donors (Lipinski definition) is 2. The Bertz CT molecular complexity index is 688. The molecule has 2 amide bonds. The van der Waals surface area contributed by atoms with Gasteiger partial charge in [-0.3, -0.25) is 0 Å². The van der Waals surface area contributed by atoms with Crippen LogP contribution in [-0.4, -0.2) is 25.7 Å². The quantitative estimate of drug-likeness (QED) is 0.528. The predicted octanol–water partition coefficient (Wildman–Crippen LogP) is 3.82. The molecule has 1 aliphatic heterocycles. The summed E-state index contributed by atoms with van der Waals surface area (Å²) >= 11 is 3.43. The minimum absolute atomic E-state index is 0.350. The van der Waals surface area contributed by atoms with Gasteiger partial charge in [0.05, 0.1) is 29.8 Å². The zero-order valence-electron chi connectivity index (χ0n) is 14.6. The van der Waals surface area contributed by atoms with E-state index >= 15 is 0 Å². The Labute approximate surface area is 156 Å². The van der Waals surface area contributed by atoms with E-state index in [1.165, 1.54) is 0 Å². The molecule has 1 heterocycles. The summed E-state index contributed by atoms with van der Waals surface area (Å²) in [6.45, 7) is 4.16. The van der Waals surface area contributed by atoms with Crippen molar-refractivity contribution >= 4 is 27.9 Å². The van der Waals surface area contributed by atoms with Crippen LogP contribution in [0.3, 0.4) is 0 Å². The summed E-state index contributed by atoms with van der Waals surface area (Å²) in [7, 11) is 1.58. The molecule has 1 aliphatic rings. The summed E-state index contributed by atoms with van der Waals surface area (Å²) in [5.74, 6) is 0.256. The number of unbranched alkanes of at least 4 members (excludes halogenated alkanes) is 2. The number of methoxy groups -OCH3 is 1. The van der Waals surface area contributed by atoms with Crippen LogP contribution >= 0.6 is 15.9 Å². The maximum atomic E-state index is 12.6. The molecule has 25 heavy (non-hydrogen) atoms. The molecule has 1 aromatic rings. The molecule has 0 bridgehead atoms. The fourth-order valence-electron chi connectivity index (χ4n) is 2.67. The predicted molar refractivity (Wildman–Crippen MR) is 98.3 cm³/mol. The highest BCUT2D eigenvalue weighted by molar-refractivity contribution is 9.10. The number of hydrogen-bond acceptors (Lipinski definition) is 4. The van der Waals surface area contributed by atoms with Crippen LogP contribution in [0.4, 0.5) is 4.79 Å². The van der Waals surface area contributed by atoms with Crippen LogP contribution in [0.1, 0.15) is 44.7 Å². The Kier molecular flexibility index (Phi) is 6.87. The van der Waals surface area contributed by atoms with E-state index in [4.69, 9.17) is 9.47 Å². The lowest BCUT2D eigenvalue weighted by Gasteiger charge is -2.28. The van der Waals surface area contributed by atoms with Crippen LogP contribution < -0.4 is 15.4 Å². The molecule has 0 fully saturated rings. The first kappa shape index (κ1) is 19.3. The summed E-state index contributed by atoms with van der Waals surface area (Å²) in [5, 5.41) is 5.43. The zero-order valence-corrected chi connectivity index (χ0v) is 16.2. The van der Waals surface area contributed by atoms with E-state index in [0.29, 0.717) is 23.6 Å². The summed E-state index contributed by atoms with van der Waals surface area (Å²) in [6, 6.07) is 4.50. The summed E-state index contributed by atoms with van der Waals surface area (Å²) in [6.07, 6.45) is 2.89. The average molecular weight is 411 g/mol. The monoisotopic (exact) mass is 410 g/mol. The number of allylic oxidation sites excluding steroid dienone is 1. The number of rotatable bonds is 7. The fraction of sp³-hybridized carbons (Fsp3) is 0.444. The maximum Gasteiger partial charge on any atom is 0.338 e. The Morgan fingerprint density at radius 1 is 1.32 bits per heavy atom. The van der Waals surface area contributed by atoms with Crippen molar-refractivity contribution in [2.45, 2.75) is 39.2 Å². The lowest BCUT2D eigenvalue weighted by molar-refractivity contribution is -0.139. The molecule has 0 aromatic heterocycles. The molecule has 7 heteroatoms. The Balaban J connectivity index is 2.27. The first-order valence-electron chi connectivity index (χ1n) is 8.26. The van der Waals surface area contributed by atoms with Gasteiger partial charge in [0.25, 0.3) is 0 Å². The number of ether oxygens (including phenoxy) is 2. The lowest BCUT2D eigenvalue weighted by Crippen LogP contribution is -2.45. The molecular weight excluding hydrogens is 388 g/mol. The molecule has 0 unspecified atom stereocenters. The molecule has 0 radical (unpaired) electrons. The minimum Gasteiger partial charge on any atom is -0.496 e. The molecule has 2 rings (SSSR count). The molecule has 0 saturated heterocycles. The highest BCUT2D eigenvalue weighted by atomic mass is 79.9. The van der Waals surface area contributed by atoms with E-state index in [1.54, 1.807) is 20.1 Å². The second-order valence-corrected chi connectivity index (χ2v) is 6.66. The molecule has 0 spiro atoms. The topological polar surface area (TPSA) is 76.7 Å². The number of halogens is 1. The third-order valence-corrected chi connectivity index (χ3v) is 4.60. The van der Waals surface area contributed by atoms with E-state index in [-0.39, 0.29) is 6.03 Å². The van der Waals surface area contributed by atoms with Crippen molar-refractivity contribution in [1.29, 1.82) is 0 Å². The van der Waals surface area contributed by atoms with Crippen LogP contribution in [0.25, 0.3) is 0 Å². The highest BCUT2D eigenvalue weighted by Gasteiger charge is 2.32. The molecule has 1 aromatic carbocycles. The Morgan fingerprint density at radius 2 is 2.08 bits per heavy atom. The Hall–Kier alpha value is -2.02. The second kappa shape index (κ2) is 8.89. The van der Waals surface area contributed by atoms with Crippen LogP contribution in [0.5, 0.6) is 5.75 Å². The van der Waals surface area contributed by atoms with Crippen LogP contribution in [0.2, 0.25) is 0 Å². The van der Waals surface area contributed by atoms with Crippen molar-refractivity contribution in [2.24, 2.45) is 0 Å². The number of esters is 1. The van der Waals surface area contributed by atoms with E-state index in [2.05, 4.69) is 33.5 Å². The molecule has 136 valence electrons. The number of urea groups is 1. The molecule has 0 saturated carbocycles. The largest absolute Gasteiger partial charge is 0.496 e. The highest BCUT2D eigenvalue weighted by Crippen LogP contribution is 2.33. The van der Waals surface area contributed by atoms with Gasteiger partial charge in [0.15, 0.2) is 0 Å². The normalized spacial score (nSPS) is 17.0. The van der Waals surface area contributed by atoms with Gasteiger partial charge in [-0.05, 0) is 47.0 Å². The molecule has 2 N–H and O–H groups in total. The van der Waals surface area contributed by atoms with Gasteiger partial charge in [0.1, 0.15) is 5.75 Å². The molecule has 1 atom stereocenters.